The SMILES string of the molecule is N#Cc1ccc(N2C(=O)C3CC(O)CN3C2=S)cc1C(F)(F)F. The highest BCUT2D eigenvalue weighted by molar-refractivity contribution is 7.80. The maximum Gasteiger partial charge on any atom is 0.417 e. The van der Waals surface area contributed by atoms with Crippen LogP contribution in [0.4, 0.5) is 18.9 Å². The van der Waals surface area contributed by atoms with Gasteiger partial charge in [-0.1, -0.05) is 0 Å². The number of anilines is 1. The molecule has 2 aliphatic rings. The van der Waals surface area contributed by atoms with E-state index in [4.69, 9.17) is 17.5 Å². The number of fused-ring (bicyclic) bond motifs is 1. The fourth-order valence-corrected chi connectivity index (χ4v) is 3.27. The minimum Gasteiger partial charge on any atom is -0.391 e. The summed E-state index contributed by atoms with van der Waals surface area (Å²) in [5, 5.41) is 18.5. The standard InChI is InChI=1S/C14H10F3N3O2S/c15-14(16,17)10-3-8(2-1-7(10)5-18)20-12(22)11-4-9(21)6-19(11)13(20)23/h1-3,9,11,21H,4,6H2. The van der Waals surface area contributed by atoms with Crippen LogP contribution in [0.15, 0.2) is 18.2 Å². The van der Waals surface area contributed by atoms with Crippen LogP contribution in [0.3, 0.4) is 0 Å². The predicted molar refractivity (Wildman–Crippen MR) is 77.4 cm³/mol. The average molecular weight is 341 g/mol. The van der Waals surface area contributed by atoms with E-state index in [0.29, 0.717) is 0 Å². The molecule has 2 atom stereocenters. The summed E-state index contributed by atoms with van der Waals surface area (Å²) in [5.41, 5.74) is -1.66. The lowest BCUT2D eigenvalue weighted by Gasteiger charge is -2.20. The molecule has 120 valence electrons. The number of benzene rings is 1. The Kier molecular flexibility index (Phi) is 3.54. The number of nitrogens with zero attached hydrogens (tertiary/aromatic N) is 3. The van der Waals surface area contributed by atoms with Crippen molar-refractivity contribution >= 4 is 28.9 Å². The van der Waals surface area contributed by atoms with E-state index in [0.717, 1.165) is 17.0 Å². The predicted octanol–water partition coefficient (Wildman–Crippen LogP) is 1.64. The van der Waals surface area contributed by atoms with Crippen molar-refractivity contribution in [3.63, 3.8) is 0 Å². The third kappa shape index (κ3) is 2.44. The molecule has 1 aromatic rings. The summed E-state index contributed by atoms with van der Waals surface area (Å²) in [5.74, 6) is -0.468. The van der Waals surface area contributed by atoms with Crippen LogP contribution in [0, 0.1) is 11.3 Å². The minimum atomic E-state index is -4.71. The van der Waals surface area contributed by atoms with Gasteiger partial charge in [0.05, 0.1) is 29.0 Å². The highest BCUT2D eigenvalue weighted by atomic mass is 32.1. The molecule has 23 heavy (non-hydrogen) atoms. The van der Waals surface area contributed by atoms with Gasteiger partial charge in [0.1, 0.15) is 6.04 Å². The van der Waals surface area contributed by atoms with Gasteiger partial charge in [-0.05, 0) is 30.4 Å². The van der Waals surface area contributed by atoms with Gasteiger partial charge in [-0.25, -0.2) is 0 Å². The van der Waals surface area contributed by atoms with Gasteiger partial charge in [0.25, 0.3) is 5.91 Å². The van der Waals surface area contributed by atoms with Gasteiger partial charge in [-0.3, -0.25) is 9.69 Å². The Morgan fingerprint density at radius 1 is 1.39 bits per heavy atom. The van der Waals surface area contributed by atoms with E-state index in [2.05, 4.69) is 0 Å². The number of carbonyl (C=O) groups is 1. The summed E-state index contributed by atoms with van der Waals surface area (Å²) < 4.78 is 39.1. The average Bonchev–Trinajstić information content (AvgIpc) is 2.96. The number of carbonyl (C=O) groups excluding carboxylic acids is 1. The fourth-order valence-electron chi connectivity index (χ4n) is 2.87. The van der Waals surface area contributed by atoms with Crippen LogP contribution < -0.4 is 4.90 Å². The van der Waals surface area contributed by atoms with Crippen molar-refractivity contribution in [1.29, 1.82) is 5.26 Å². The first-order valence-electron chi connectivity index (χ1n) is 6.68. The fraction of sp³-hybridized carbons (Fsp3) is 0.357. The number of nitriles is 1. The molecule has 2 fully saturated rings. The molecule has 0 bridgehead atoms. The maximum atomic E-state index is 13.0. The van der Waals surface area contributed by atoms with Crippen molar-refractivity contribution in [3.8, 4) is 6.07 Å². The van der Waals surface area contributed by atoms with Gasteiger partial charge >= 0.3 is 6.18 Å². The monoisotopic (exact) mass is 341 g/mol. The van der Waals surface area contributed by atoms with E-state index < -0.39 is 35.4 Å². The highest BCUT2D eigenvalue weighted by Crippen LogP contribution is 2.37. The molecule has 2 heterocycles. The van der Waals surface area contributed by atoms with Crippen LogP contribution in [0.2, 0.25) is 0 Å². The van der Waals surface area contributed by atoms with Gasteiger partial charge in [-0.15, -0.1) is 0 Å². The molecule has 0 aliphatic carbocycles. The van der Waals surface area contributed by atoms with E-state index in [1.807, 2.05) is 0 Å². The van der Waals surface area contributed by atoms with Crippen molar-refractivity contribution in [2.24, 2.45) is 0 Å². The van der Waals surface area contributed by atoms with Gasteiger partial charge in [0.15, 0.2) is 5.11 Å². The van der Waals surface area contributed by atoms with Gasteiger partial charge in [-0.2, -0.15) is 18.4 Å². The molecule has 2 aliphatic heterocycles. The van der Waals surface area contributed by atoms with Gasteiger partial charge in [0.2, 0.25) is 0 Å². The number of amides is 1. The molecular weight excluding hydrogens is 331 g/mol. The molecule has 0 spiro atoms. The van der Waals surface area contributed by atoms with Crippen molar-refractivity contribution in [2.45, 2.75) is 24.7 Å². The van der Waals surface area contributed by atoms with E-state index in [1.54, 1.807) is 0 Å². The van der Waals surface area contributed by atoms with Crippen LogP contribution in [-0.2, 0) is 11.0 Å². The molecule has 2 saturated heterocycles. The van der Waals surface area contributed by atoms with Gasteiger partial charge in [0, 0.05) is 13.0 Å². The smallest absolute Gasteiger partial charge is 0.391 e. The van der Waals surface area contributed by atoms with Crippen LogP contribution in [0.25, 0.3) is 0 Å². The van der Waals surface area contributed by atoms with E-state index >= 15 is 0 Å². The number of aliphatic hydroxyl groups is 1. The molecule has 3 rings (SSSR count). The van der Waals surface area contributed by atoms with Crippen LogP contribution in [-0.4, -0.2) is 39.7 Å². The Morgan fingerprint density at radius 3 is 2.65 bits per heavy atom. The first kappa shape index (κ1) is 15.7. The topological polar surface area (TPSA) is 67.6 Å². The first-order chi connectivity index (χ1) is 10.7. The van der Waals surface area contributed by atoms with E-state index in [1.165, 1.54) is 17.0 Å². The number of hydrogen-bond acceptors (Lipinski definition) is 4. The molecule has 5 nitrogen and oxygen atoms in total. The molecule has 0 aromatic heterocycles. The third-order valence-electron chi connectivity index (χ3n) is 3.91. The molecular formula is C14H10F3N3O2S. The van der Waals surface area contributed by atoms with Crippen molar-refractivity contribution in [3.05, 3.63) is 29.3 Å². The van der Waals surface area contributed by atoms with Crippen molar-refractivity contribution in [1.82, 2.24) is 4.90 Å². The normalized spacial score (nSPS) is 24.1. The zero-order valence-corrected chi connectivity index (χ0v) is 12.4. The molecule has 1 amide bonds. The summed E-state index contributed by atoms with van der Waals surface area (Å²) in [7, 11) is 0. The number of hydrogen-bond donors (Lipinski definition) is 1. The maximum absolute atomic E-state index is 13.0. The number of aliphatic hydroxyl groups excluding tert-OH is 1. The second kappa shape index (κ2) is 5.18. The molecule has 1 N–H and O–H groups in total. The second-order valence-electron chi connectivity index (χ2n) is 5.35. The molecule has 9 heteroatoms. The summed E-state index contributed by atoms with van der Waals surface area (Å²) in [6.45, 7) is 0.175. The second-order valence-corrected chi connectivity index (χ2v) is 5.72. The Balaban J connectivity index is 2.02. The molecule has 1 aromatic carbocycles. The Hall–Kier alpha value is -2.18. The van der Waals surface area contributed by atoms with E-state index in [9.17, 15) is 23.1 Å². The van der Waals surface area contributed by atoms with Crippen molar-refractivity contribution in [2.75, 3.05) is 11.4 Å². The van der Waals surface area contributed by atoms with Crippen molar-refractivity contribution < 1.29 is 23.1 Å². The minimum absolute atomic E-state index is 0.0322. The lowest BCUT2D eigenvalue weighted by molar-refractivity contribution is -0.137. The Labute approximate surface area is 134 Å². The highest BCUT2D eigenvalue weighted by Gasteiger charge is 2.48. The van der Waals surface area contributed by atoms with Crippen LogP contribution >= 0.6 is 12.2 Å². The summed E-state index contributed by atoms with van der Waals surface area (Å²) >= 11 is 5.16. The lowest BCUT2D eigenvalue weighted by Crippen LogP contribution is -2.35. The van der Waals surface area contributed by atoms with E-state index in [-0.39, 0.29) is 23.8 Å². The zero-order valence-electron chi connectivity index (χ0n) is 11.5. The zero-order chi connectivity index (χ0) is 16.9. The number of thiocarbonyl (C=S) groups is 1. The summed E-state index contributed by atoms with van der Waals surface area (Å²) in [6.07, 6.45) is -5.20. The molecule has 2 unspecified atom stereocenters. The first-order valence-corrected chi connectivity index (χ1v) is 7.09. The number of rotatable bonds is 1. The Morgan fingerprint density at radius 2 is 2.09 bits per heavy atom. The lowest BCUT2D eigenvalue weighted by atomic mass is 10.1. The summed E-state index contributed by atoms with van der Waals surface area (Å²) in [6, 6.07) is 3.87. The molecule has 0 saturated carbocycles. The quantitative estimate of drug-likeness (QED) is 0.787. The third-order valence-corrected chi connectivity index (χ3v) is 4.33. The summed E-state index contributed by atoms with van der Waals surface area (Å²) in [4.78, 5) is 14.9. The van der Waals surface area contributed by atoms with Crippen LogP contribution in [0.5, 0.6) is 0 Å². The Bertz CT molecular complexity index is 720. The molecule has 0 radical (unpaired) electrons. The largest absolute Gasteiger partial charge is 0.417 e. The number of halogens is 3. The van der Waals surface area contributed by atoms with Gasteiger partial charge < -0.3 is 10.0 Å². The van der Waals surface area contributed by atoms with Crippen LogP contribution in [0.1, 0.15) is 17.5 Å². The number of alkyl halides is 3.